The Morgan fingerprint density at radius 1 is 1.53 bits per heavy atom. The van der Waals surface area contributed by atoms with Gasteiger partial charge < -0.3 is 5.73 Å². The molecular formula is C11H13N7O. The Morgan fingerprint density at radius 2 is 2.32 bits per heavy atom. The number of amides is 1. The number of tetrazole rings is 1. The van der Waals surface area contributed by atoms with Crippen LogP contribution in [0.25, 0.3) is 0 Å². The van der Waals surface area contributed by atoms with E-state index in [-0.39, 0.29) is 18.4 Å². The van der Waals surface area contributed by atoms with Gasteiger partial charge in [0.25, 0.3) is 11.9 Å². The fourth-order valence-electron chi connectivity index (χ4n) is 1.39. The van der Waals surface area contributed by atoms with Crippen LogP contribution in [0, 0.1) is 6.92 Å². The van der Waals surface area contributed by atoms with E-state index >= 15 is 0 Å². The highest BCUT2D eigenvalue weighted by Gasteiger charge is 2.04. The second-order valence-electron chi connectivity index (χ2n) is 3.83. The van der Waals surface area contributed by atoms with Crippen molar-refractivity contribution in [1.29, 1.82) is 0 Å². The van der Waals surface area contributed by atoms with Crippen molar-refractivity contribution in [2.75, 3.05) is 5.73 Å². The first-order chi connectivity index (χ1) is 9.15. The van der Waals surface area contributed by atoms with Crippen molar-refractivity contribution in [1.82, 2.24) is 25.6 Å². The summed E-state index contributed by atoms with van der Waals surface area (Å²) >= 11 is 0. The van der Waals surface area contributed by atoms with Gasteiger partial charge in [-0.15, -0.1) is 5.10 Å². The summed E-state index contributed by atoms with van der Waals surface area (Å²) in [7, 11) is 0. The van der Waals surface area contributed by atoms with Crippen LogP contribution in [0.5, 0.6) is 0 Å². The molecule has 8 heteroatoms. The van der Waals surface area contributed by atoms with Crippen molar-refractivity contribution < 1.29 is 4.79 Å². The summed E-state index contributed by atoms with van der Waals surface area (Å²) in [5.74, 6) is -0.335. The quantitative estimate of drug-likeness (QED) is 0.579. The van der Waals surface area contributed by atoms with E-state index < -0.39 is 0 Å². The average Bonchev–Trinajstić information content (AvgIpc) is 2.77. The minimum absolute atomic E-state index is 0.0243. The molecule has 2 aromatic rings. The molecule has 0 fully saturated rings. The molecule has 0 spiro atoms. The third-order valence-corrected chi connectivity index (χ3v) is 2.33. The van der Waals surface area contributed by atoms with Gasteiger partial charge in [0.15, 0.2) is 0 Å². The zero-order chi connectivity index (χ0) is 13.7. The second-order valence-corrected chi connectivity index (χ2v) is 3.83. The Labute approximate surface area is 109 Å². The Morgan fingerprint density at radius 3 is 3.00 bits per heavy atom. The fraction of sp³-hybridized carbons (Fsp3) is 0.182. The lowest BCUT2D eigenvalue weighted by molar-refractivity contribution is -0.122. The molecular weight excluding hydrogens is 246 g/mol. The van der Waals surface area contributed by atoms with E-state index in [0.717, 1.165) is 15.9 Å². The van der Waals surface area contributed by atoms with Crippen molar-refractivity contribution in [3.8, 4) is 0 Å². The van der Waals surface area contributed by atoms with Crippen molar-refractivity contribution >= 4 is 18.1 Å². The van der Waals surface area contributed by atoms with E-state index in [1.807, 2.05) is 31.2 Å². The number of aromatic nitrogens is 4. The van der Waals surface area contributed by atoms with Crippen LogP contribution >= 0.6 is 0 Å². The van der Waals surface area contributed by atoms with E-state index in [1.165, 1.54) is 0 Å². The number of hydrogen-bond donors (Lipinski definition) is 2. The zero-order valence-electron chi connectivity index (χ0n) is 10.3. The molecule has 0 bridgehead atoms. The summed E-state index contributed by atoms with van der Waals surface area (Å²) in [5.41, 5.74) is 9.67. The molecule has 0 atom stereocenters. The molecule has 0 radical (unpaired) electrons. The van der Waals surface area contributed by atoms with Gasteiger partial charge in [-0.05, 0) is 23.3 Å². The predicted octanol–water partition coefficient (Wildman–Crippen LogP) is -0.286. The van der Waals surface area contributed by atoms with Crippen molar-refractivity contribution in [2.24, 2.45) is 5.10 Å². The number of nitrogens with two attached hydrogens (primary N) is 1. The lowest BCUT2D eigenvalue weighted by Gasteiger charge is -1.99. The SMILES string of the molecule is Cc1ccccc1/C=N\NC(=O)Cn1nnc(N)n1. The highest BCUT2D eigenvalue weighted by molar-refractivity contribution is 5.83. The number of nitrogens with zero attached hydrogens (tertiary/aromatic N) is 5. The van der Waals surface area contributed by atoms with Gasteiger partial charge >= 0.3 is 0 Å². The molecule has 0 aliphatic carbocycles. The van der Waals surface area contributed by atoms with Crippen LogP contribution in [0.4, 0.5) is 5.95 Å². The maximum absolute atomic E-state index is 11.5. The van der Waals surface area contributed by atoms with Crippen LogP contribution in [0.2, 0.25) is 0 Å². The largest absolute Gasteiger partial charge is 0.365 e. The number of benzene rings is 1. The fourth-order valence-corrected chi connectivity index (χ4v) is 1.39. The maximum Gasteiger partial charge on any atom is 0.263 e. The molecule has 8 nitrogen and oxygen atoms in total. The number of rotatable bonds is 4. The van der Waals surface area contributed by atoms with Crippen LogP contribution in [-0.2, 0) is 11.3 Å². The summed E-state index contributed by atoms with van der Waals surface area (Å²) in [4.78, 5) is 12.6. The van der Waals surface area contributed by atoms with Crippen LogP contribution in [-0.4, -0.2) is 32.3 Å². The molecule has 0 aliphatic rings. The molecule has 2 rings (SSSR count). The van der Waals surface area contributed by atoms with Gasteiger partial charge in [-0.2, -0.15) is 9.90 Å². The standard InChI is InChI=1S/C11H13N7O/c1-8-4-2-3-5-9(8)6-13-14-10(19)7-18-16-11(12)15-17-18/h2-6H,7H2,1H3,(H2,12,16)(H,14,19)/b13-6-. The van der Waals surface area contributed by atoms with Crippen LogP contribution < -0.4 is 11.2 Å². The van der Waals surface area contributed by atoms with Crippen LogP contribution in [0.1, 0.15) is 11.1 Å². The third kappa shape index (κ3) is 3.60. The summed E-state index contributed by atoms with van der Waals surface area (Å²) in [6, 6.07) is 7.71. The lowest BCUT2D eigenvalue weighted by atomic mass is 10.1. The normalized spacial score (nSPS) is 10.8. The zero-order valence-corrected chi connectivity index (χ0v) is 10.3. The number of hydrazone groups is 1. The minimum atomic E-state index is -0.359. The van der Waals surface area contributed by atoms with E-state index in [4.69, 9.17) is 5.73 Å². The number of nitrogen functional groups attached to an aromatic ring is 1. The molecule has 1 aromatic heterocycles. The van der Waals surface area contributed by atoms with E-state index in [0.29, 0.717) is 0 Å². The Balaban J connectivity index is 1.88. The highest BCUT2D eigenvalue weighted by atomic mass is 16.2. The predicted molar refractivity (Wildman–Crippen MR) is 69.1 cm³/mol. The van der Waals surface area contributed by atoms with E-state index in [1.54, 1.807) is 6.21 Å². The number of aryl methyl sites for hydroxylation is 1. The Kier molecular flexibility index (Phi) is 3.81. The van der Waals surface area contributed by atoms with Crippen molar-refractivity contribution in [2.45, 2.75) is 13.5 Å². The number of carbonyl (C=O) groups is 1. The molecule has 1 amide bonds. The van der Waals surface area contributed by atoms with Crippen LogP contribution in [0.15, 0.2) is 29.4 Å². The van der Waals surface area contributed by atoms with Gasteiger partial charge in [0.1, 0.15) is 6.54 Å². The molecule has 0 saturated carbocycles. The van der Waals surface area contributed by atoms with Gasteiger partial charge in [0, 0.05) is 0 Å². The smallest absolute Gasteiger partial charge is 0.263 e. The van der Waals surface area contributed by atoms with Gasteiger partial charge in [-0.1, -0.05) is 29.4 Å². The number of carbonyl (C=O) groups excluding carboxylic acids is 1. The lowest BCUT2D eigenvalue weighted by Crippen LogP contribution is -2.24. The monoisotopic (exact) mass is 259 g/mol. The van der Waals surface area contributed by atoms with Crippen molar-refractivity contribution in [3.63, 3.8) is 0 Å². The first-order valence-electron chi connectivity index (χ1n) is 5.56. The molecule has 98 valence electrons. The molecule has 1 aromatic carbocycles. The summed E-state index contributed by atoms with van der Waals surface area (Å²) < 4.78 is 0. The van der Waals surface area contributed by atoms with E-state index in [2.05, 4.69) is 25.9 Å². The average molecular weight is 259 g/mol. The number of hydrogen-bond acceptors (Lipinski definition) is 6. The maximum atomic E-state index is 11.5. The molecule has 0 saturated heterocycles. The first kappa shape index (κ1) is 12.7. The topological polar surface area (TPSA) is 111 Å². The van der Waals surface area contributed by atoms with Gasteiger partial charge in [0.05, 0.1) is 6.21 Å². The minimum Gasteiger partial charge on any atom is -0.365 e. The molecule has 0 unspecified atom stereocenters. The Hall–Kier alpha value is -2.77. The third-order valence-electron chi connectivity index (χ3n) is 2.33. The molecule has 3 N–H and O–H groups in total. The second kappa shape index (κ2) is 5.71. The van der Waals surface area contributed by atoms with Gasteiger partial charge in [-0.3, -0.25) is 4.79 Å². The Bertz CT molecular complexity index is 605. The van der Waals surface area contributed by atoms with E-state index in [9.17, 15) is 4.79 Å². The van der Waals surface area contributed by atoms with Gasteiger partial charge in [0.2, 0.25) is 0 Å². The summed E-state index contributed by atoms with van der Waals surface area (Å²) in [6.07, 6.45) is 1.58. The van der Waals surface area contributed by atoms with Crippen molar-refractivity contribution in [3.05, 3.63) is 35.4 Å². The van der Waals surface area contributed by atoms with Gasteiger partial charge in [-0.25, -0.2) is 5.43 Å². The molecule has 19 heavy (non-hydrogen) atoms. The first-order valence-corrected chi connectivity index (χ1v) is 5.56. The highest BCUT2D eigenvalue weighted by Crippen LogP contribution is 2.02. The number of nitrogens with one attached hydrogen (secondary N) is 1. The number of anilines is 1. The summed E-state index contributed by atoms with van der Waals surface area (Å²) in [5, 5.41) is 14.6. The summed E-state index contributed by atoms with van der Waals surface area (Å²) in [6.45, 7) is 1.88. The molecule has 1 heterocycles. The van der Waals surface area contributed by atoms with Crippen LogP contribution in [0.3, 0.4) is 0 Å². The molecule has 0 aliphatic heterocycles.